The fraction of sp³-hybridized carbons (Fsp3) is 0.409. The number of piperidine rings is 1. The van der Waals surface area contributed by atoms with Crippen molar-refractivity contribution in [1.82, 2.24) is 9.62 Å². The molecule has 0 spiro atoms. The van der Waals surface area contributed by atoms with Gasteiger partial charge in [0.1, 0.15) is 5.82 Å². The van der Waals surface area contributed by atoms with Gasteiger partial charge in [-0.1, -0.05) is 11.6 Å². The Morgan fingerprint density at radius 3 is 2.39 bits per heavy atom. The van der Waals surface area contributed by atoms with Gasteiger partial charge in [0.25, 0.3) is 0 Å². The number of benzene rings is 2. The lowest BCUT2D eigenvalue weighted by atomic mass is 10.1. The topological polar surface area (TPSA) is 97.0 Å². The van der Waals surface area contributed by atoms with Crippen molar-refractivity contribution in [2.24, 2.45) is 0 Å². The number of hydrogen-bond donors (Lipinski definition) is 2. The van der Waals surface area contributed by atoms with Crippen LogP contribution in [0.1, 0.15) is 19.3 Å². The molecule has 2 aliphatic rings. The quantitative estimate of drug-likeness (QED) is 0.637. The summed E-state index contributed by atoms with van der Waals surface area (Å²) in [6.45, 7) is 2.34. The number of rotatable bonds is 6. The van der Waals surface area contributed by atoms with Crippen molar-refractivity contribution in [3.05, 3.63) is 47.2 Å². The summed E-state index contributed by atoms with van der Waals surface area (Å²) in [5.74, 6) is 0.382. The van der Waals surface area contributed by atoms with Crippen molar-refractivity contribution in [3.8, 4) is 11.5 Å². The predicted molar refractivity (Wildman–Crippen MR) is 122 cm³/mol. The summed E-state index contributed by atoms with van der Waals surface area (Å²) < 4.78 is 51.9. The first-order valence-corrected chi connectivity index (χ1v) is 12.6. The van der Waals surface area contributed by atoms with Gasteiger partial charge < -0.3 is 14.8 Å². The van der Waals surface area contributed by atoms with E-state index in [-0.39, 0.29) is 23.4 Å². The van der Waals surface area contributed by atoms with Gasteiger partial charge in [-0.05, 0) is 37.1 Å². The highest BCUT2D eigenvalue weighted by Gasteiger charge is 2.26. The summed E-state index contributed by atoms with van der Waals surface area (Å²) in [5, 5.41) is 3.18. The molecule has 1 amide bonds. The molecule has 0 atom stereocenters. The van der Waals surface area contributed by atoms with Crippen LogP contribution >= 0.6 is 11.6 Å². The van der Waals surface area contributed by atoms with Crippen LogP contribution in [0.2, 0.25) is 5.02 Å². The number of likely N-dealkylation sites (tertiary alicyclic amines) is 1. The van der Waals surface area contributed by atoms with Crippen LogP contribution in [-0.4, -0.2) is 58.1 Å². The third kappa shape index (κ3) is 6.14. The number of sulfonamides is 1. The van der Waals surface area contributed by atoms with E-state index in [0.717, 1.165) is 18.6 Å². The first kappa shape index (κ1) is 23.7. The van der Waals surface area contributed by atoms with Gasteiger partial charge >= 0.3 is 0 Å². The molecule has 4 rings (SSSR count). The second-order valence-electron chi connectivity index (χ2n) is 8.00. The van der Waals surface area contributed by atoms with Gasteiger partial charge in [0.05, 0.1) is 35.4 Å². The number of carbonyl (C=O) groups excluding carboxylic acids is 1. The van der Waals surface area contributed by atoms with Gasteiger partial charge in [-0.15, -0.1) is 0 Å². The fourth-order valence-electron chi connectivity index (χ4n) is 3.78. The first-order chi connectivity index (χ1) is 15.8. The Labute approximate surface area is 197 Å². The summed E-state index contributed by atoms with van der Waals surface area (Å²) in [5.41, 5.74) is 0.452. The lowest BCUT2D eigenvalue weighted by Crippen LogP contribution is -2.46. The molecule has 1 fully saturated rings. The molecule has 2 N–H and O–H groups in total. The number of halogens is 2. The average Bonchev–Trinajstić information content (AvgIpc) is 3.00. The van der Waals surface area contributed by atoms with E-state index in [4.69, 9.17) is 21.1 Å². The summed E-state index contributed by atoms with van der Waals surface area (Å²) in [7, 11) is -3.72. The largest absolute Gasteiger partial charge is 0.490 e. The minimum absolute atomic E-state index is 0.0257. The second kappa shape index (κ2) is 10.3. The van der Waals surface area contributed by atoms with Crippen LogP contribution in [0.5, 0.6) is 11.5 Å². The zero-order valence-corrected chi connectivity index (χ0v) is 19.4. The maximum Gasteiger partial charge on any atom is 0.240 e. The van der Waals surface area contributed by atoms with Crippen molar-refractivity contribution in [3.63, 3.8) is 0 Å². The van der Waals surface area contributed by atoms with Crippen LogP contribution < -0.4 is 19.5 Å². The molecule has 11 heteroatoms. The molecule has 178 valence electrons. The van der Waals surface area contributed by atoms with Crippen molar-refractivity contribution >= 4 is 33.2 Å². The zero-order valence-electron chi connectivity index (χ0n) is 17.9. The van der Waals surface area contributed by atoms with Gasteiger partial charge in [0.2, 0.25) is 15.9 Å². The monoisotopic (exact) mass is 497 g/mol. The molecule has 2 heterocycles. The fourth-order valence-corrected chi connectivity index (χ4v) is 5.29. The smallest absolute Gasteiger partial charge is 0.240 e. The van der Waals surface area contributed by atoms with Crippen LogP contribution in [-0.2, 0) is 14.8 Å². The summed E-state index contributed by atoms with van der Waals surface area (Å²) in [4.78, 5) is 14.5. The van der Waals surface area contributed by atoms with Crippen LogP contribution in [0.25, 0.3) is 0 Å². The van der Waals surface area contributed by atoms with Gasteiger partial charge in [-0.25, -0.2) is 17.5 Å². The molecule has 2 aliphatic heterocycles. The Kier molecular flexibility index (Phi) is 7.38. The van der Waals surface area contributed by atoms with Crippen molar-refractivity contribution in [2.75, 3.05) is 38.2 Å². The summed E-state index contributed by atoms with van der Waals surface area (Å²) in [6.07, 6.45) is 1.88. The maximum atomic E-state index is 13.1. The van der Waals surface area contributed by atoms with Crippen molar-refractivity contribution < 1.29 is 27.1 Å². The number of ether oxygens (including phenoxy) is 2. The molecule has 8 nitrogen and oxygen atoms in total. The number of hydrogen-bond acceptors (Lipinski definition) is 6. The van der Waals surface area contributed by atoms with E-state index >= 15 is 0 Å². The number of carbonyl (C=O) groups is 1. The lowest BCUT2D eigenvalue weighted by molar-refractivity contribution is -0.117. The third-order valence-corrected chi connectivity index (χ3v) is 7.36. The van der Waals surface area contributed by atoms with E-state index in [1.807, 2.05) is 4.90 Å². The summed E-state index contributed by atoms with van der Waals surface area (Å²) in [6, 6.07) is 7.75. The average molecular weight is 498 g/mol. The van der Waals surface area contributed by atoms with Crippen LogP contribution in [0.3, 0.4) is 0 Å². The highest BCUT2D eigenvalue weighted by molar-refractivity contribution is 7.89. The molecule has 1 saturated heterocycles. The molecule has 0 unspecified atom stereocenters. The van der Waals surface area contributed by atoms with Crippen LogP contribution in [0.4, 0.5) is 10.1 Å². The van der Waals surface area contributed by atoms with Gasteiger partial charge in [0.15, 0.2) is 11.5 Å². The zero-order chi connectivity index (χ0) is 23.4. The van der Waals surface area contributed by atoms with E-state index < -0.39 is 15.8 Å². The van der Waals surface area contributed by atoms with E-state index in [0.29, 0.717) is 61.4 Å². The highest BCUT2D eigenvalue weighted by atomic mass is 35.5. The molecule has 0 aliphatic carbocycles. The maximum absolute atomic E-state index is 13.1. The molecule has 0 saturated carbocycles. The highest BCUT2D eigenvalue weighted by Crippen LogP contribution is 2.37. The van der Waals surface area contributed by atoms with Crippen LogP contribution in [0.15, 0.2) is 41.3 Å². The van der Waals surface area contributed by atoms with Gasteiger partial charge in [-0.3, -0.25) is 9.69 Å². The number of fused-ring (bicyclic) bond motifs is 1. The Bertz CT molecular complexity index is 1110. The molecular weight excluding hydrogens is 473 g/mol. The Morgan fingerprint density at radius 2 is 1.73 bits per heavy atom. The van der Waals surface area contributed by atoms with E-state index in [9.17, 15) is 17.6 Å². The lowest BCUT2D eigenvalue weighted by Gasteiger charge is -2.31. The van der Waals surface area contributed by atoms with Crippen LogP contribution in [0, 0.1) is 5.82 Å². The number of amides is 1. The van der Waals surface area contributed by atoms with E-state index in [1.54, 1.807) is 12.1 Å². The normalized spacial score (nSPS) is 17.4. The molecule has 33 heavy (non-hydrogen) atoms. The Hall–Kier alpha value is -2.40. The number of nitrogens with one attached hydrogen (secondary N) is 2. The molecule has 2 aromatic rings. The molecule has 0 radical (unpaired) electrons. The molecule has 0 aromatic heterocycles. The molecular formula is C22H25ClFN3O5S. The van der Waals surface area contributed by atoms with Gasteiger partial charge in [0, 0.05) is 37.7 Å². The minimum Gasteiger partial charge on any atom is -0.490 e. The Balaban J connectivity index is 1.28. The van der Waals surface area contributed by atoms with Gasteiger partial charge in [-0.2, -0.15) is 0 Å². The third-order valence-electron chi connectivity index (χ3n) is 5.51. The molecule has 2 aromatic carbocycles. The summed E-state index contributed by atoms with van der Waals surface area (Å²) >= 11 is 6.29. The number of anilines is 1. The Morgan fingerprint density at radius 1 is 1.09 bits per heavy atom. The minimum atomic E-state index is -3.72. The number of nitrogens with zero attached hydrogens (tertiary/aromatic N) is 1. The predicted octanol–water partition coefficient (Wildman–Crippen LogP) is 3.02. The standard InChI is InChI=1S/C22H25ClFN3O5S/c23-18-12-20-21(32-11-1-10-31-20)13-19(18)25-22(28)14-27-8-6-16(7-9-27)26-33(29,30)17-4-2-15(24)3-5-17/h2-5,12-13,16,26H,1,6-11,14H2,(H,25,28). The second-order valence-corrected chi connectivity index (χ2v) is 10.1. The SMILES string of the molecule is O=C(CN1CCC(NS(=O)(=O)c2ccc(F)cc2)CC1)Nc1cc2c(cc1Cl)OCCCO2. The van der Waals surface area contributed by atoms with Crippen molar-refractivity contribution in [1.29, 1.82) is 0 Å². The van der Waals surface area contributed by atoms with Crippen molar-refractivity contribution in [2.45, 2.75) is 30.2 Å². The van der Waals surface area contributed by atoms with E-state index in [2.05, 4.69) is 10.0 Å². The molecule has 0 bridgehead atoms. The van der Waals surface area contributed by atoms with E-state index in [1.165, 1.54) is 12.1 Å². The first-order valence-electron chi connectivity index (χ1n) is 10.7.